The Morgan fingerprint density at radius 3 is 2.31 bits per heavy atom. The van der Waals surface area contributed by atoms with E-state index in [1.165, 1.54) is 12.1 Å². The summed E-state index contributed by atoms with van der Waals surface area (Å²) in [7, 11) is 0. The van der Waals surface area contributed by atoms with Crippen molar-refractivity contribution in [1.29, 1.82) is 0 Å². The number of aromatic hydroxyl groups is 2. The molecule has 0 aliphatic rings. The molecular formula is C23H22ClNO4. The third-order valence-corrected chi connectivity index (χ3v) is 4.54. The first-order valence-corrected chi connectivity index (χ1v) is 9.56. The van der Waals surface area contributed by atoms with Crippen LogP contribution in [0, 0.1) is 0 Å². The Balaban J connectivity index is 1.92. The van der Waals surface area contributed by atoms with Gasteiger partial charge in [-0.15, -0.1) is 0 Å². The number of phenolic OH excluding ortho intramolecular Hbond substituents is 2. The van der Waals surface area contributed by atoms with Crippen LogP contribution in [-0.2, 0) is 9.53 Å². The van der Waals surface area contributed by atoms with E-state index in [-0.39, 0.29) is 23.5 Å². The number of hydrogen-bond donors (Lipinski definition) is 3. The second-order valence-corrected chi connectivity index (χ2v) is 7.29. The zero-order chi connectivity index (χ0) is 21.0. The molecule has 0 fully saturated rings. The van der Waals surface area contributed by atoms with Crippen LogP contribution in [0.4, 0.5) is 5.69 Å². The summed E-state index contributed by atoms with van der Waals surface area (Å²) in [6.45, 7) is 3.73. The first-order valence-electron chi connectivity index (χ1n) is 9.18. The van der Waals surface area contributed by atoms with Gasteiger partial charge in [0.2, 0.25) is 0 Å². The number of benzene rings is 3. The van der Waals surface area contributed by atoms with E-state index in [4.69, 9.17) is 16.3 Å². The first kappa shape index (κ1) is 20.7. The van der Waals surface area contributed by atoms with Crippen molar-refractivity contribution in [3.8, 4) is 22.6 Å². The fourth-order valence-electron chi connectivity index (χ4n) is 2.93. The Hall–Kier alpha value is -3.02. The van der Waals surface area contributed by atoms with E-state index in [0.29, 0.717) is 27.4 Å². The lowest BCUT2D eigenvalue weighted by molar-refractivity contribution is -0.130. The van der Waals surface area contributed by atoms with Gasteiger partial charge in [0, 0.05) is 16.3 Å². The molecule has 150 valence electrons. The van der Waals surface area contributed by atoms with E-state index in [1.54, 1.807) is 42.5 Å². The zero-order valence-electron chi connectivity index (χ0n) is 16.1. The molecule has 5 nitrogen and oxygen atoms in total. The fraction of sp³-hybridized carbons (Fsp3) is 0.174. The summed E-state index contributed by atoms with van der Waals surface area (Å²) in [5, 5.41) is 22.9. The van der Waals surface area contributed by atoms with Crippen molar-refractivity contribution in [2.45, 2.75) is 26.1 Å². The molecule has 6 heteroatoms. The Morgan fingerprint density at radius 2 is 1.66 bits per heavy atom. The van der Waals surface area contributed by atoms with Crippen molar-refractivity contribution in [3.63, 3.8) is 0 Å². The molecule has 3 rings (SSSR count). The minimum Gasteiger partial charge on any atom is -0.504 e. The molecule has 0 heterocycles. The van der Waals surface area contributed by atoms with Crippen LogP contribution in [0.5, 0.6) is 11.5 Å². The molecule has 0 radical (unpaired) electrons. The highest BCUT2D eigenvalue weighted by Gasteiger charge is 2.24. The van der Waals surface area contributed by atoms with Gasteiger partial charge >= 0.3 is 0 Å². The number of carbonyl (C=O) groups excluding carboxylic acids is 1. The van der Waals surface area contributed by atoms with Crippen molar-refractivity contribution in [2.75, 3.05) is 5.32 Å². The molecule has 3 N–H and O–H groups in total. The Morgan fingerprint density at radius 1 is 0.966 bits per heavy atom. The van der Waals surface area contributed by atoms with Gasteiger partial charge in [0.15, 0.2) is 17.6 Å². The van der Waals surface area contributed by atoms with Gasteiger partial charge in [0.05, 0.1) is 6.10 Å². The molecule has 0 spiro atoms. The van der Waals surface area contributed by atoms with Crippen molar-refractivity contribution < 1.29 is 19.7 Å². The average molecular weight is 412 g/mol. The maximum atomic E-state index is 13.1. The number of ether oxygens (including phenoxy) is 1. The summed E-state index contributed by atoms with van der Waals surface area (Å²) >= 11 is 5.96. The smallest absolute Gasteiger partial charge is 0.258 e. The molecule has 3 aromatic carbocycles. The van der Waals surface area contributed by atoms with Gasteiger partial charge in [-0.3, -0.25) is 4.79 Å². The molecule has 0 aromatic heterocycles. The van der Waals surface area contributed by atoms with Crippen molar-refractivity contribution in [2.24, 2.45) is 0 Å². The number of rotatable bonds is 6. The molecular weight excluding hydrogens is 390 g/mol. The highest BCUT2D eigenvalue weighted by Crippen LogP contribution is 2.34. The Kier molecular flexibility index (Phi) is 6.42. The van der Waals surface area contributed by atoms with E-state index in [1.807, 2.05) is 26.0 Å². The molecule has 1 amide bonds. The van der Waals surface area contributed by atoms with E-state index in [2.05, 4.69) is 5.32 Å². The van der Waals surface area contributed by atoms with E-state index < -0.39 is 6.10 Å². The summed E-state index contributed by atoms with van der Waals surface area (Å²) in [6, 6.07) is 18.7. The van der Waals surface area contributed by atoms with Gasteiger partial charge in [-0.1, -0.05) is 48.0 Å². The van der Waals surface area contributed by atoms with E-state index >= 15 is 0 Å². The lowest BCUT2D eigenvalue weighted by Crippen LogP contribution is -2.26. The number of nitrogens with one attached hydrogen (secondary N) is 1. The maximum absolute atomic E-state index is 13.1. The lowest BCUT2D eigenvalue weighted by atomic mass is 10.0. The summed E-state index contributed by atoms with van der Waals surface area (Å²) in [6.07, 6.45) is -0.973. The van der Waals surface area contributed by atoms with Gasteiger partial charge in [0.25, 0.3) is 5.91 Å². The van der Waals surface area contributed by atoms with E-state index in [9.17, 15) is 15.0 Å². The Bertz CT molecular complexity index is 1000. The molecule has 0 bridgehead atoms. The van der Waals surface area contributed by atoms with Crippen LogP contribution >= 0.6 is 11.6 Å². The standard InChI is InChI=1S/C23H22ClNO4/c1-14(2)29-22(15-7-10-17(24)11-8-15)23(28)25-19-6-4-3-5-18(19)16-9-12-20(26)21(27)13-16/h3-14,22,26-27H,1-2H3,(H,25,28). The number of amides is 1. The van der Waals surface area contributed by atoms with E-state index in [0.717, 1.165) is 0 Å². The third-order valence-electron chi connectivity index (χ3n) is 4.29. The predicted molar refractivity (Wildman–Crippen MR) is 114 cm³/mol. The zero-order valence-corrected chi connectivity index (χ0v) is 16.9. The molecule has 0 saturated heterocycles. The minimum absolute atomic E-state index is 0.161. The Labute approximate surface area is 174 Å². The van der Waals surface area contributed by atoms with Crippen molar-refractivity contribution in [3.05, 3.63) is 77.3 Å². The van der Waals surface area contributed by atoms with Crippen LogP contribution in [0.2, 0.25) is 5.02 Å². The number of para-hydroxylation sites is 1. The van der Waals surface area contributed by atoms with Gasteiger partial charge in [-0.2, -0.15) is 0 Å². The van der Waals surface area contributed by atoms with Gasteiger partial charge in [-0.05, 0) is 55.3 Å². The highest BCUT2D eigenvalue weighted by atomic mass is 35.5. The lowest BCUT2D eigenvalue weighted by Gasteiger charge is -2.21. The van der Waals surface area contributed by atoms with Crippen LogP contribution in [0.15, 0.2) is 66.7 Å². The number of halogens is 1. The SMILES string of the molecule is CC(C)OC(C(=O)Nc1ccccc1-c1ccc(O)c(O)c1)c1ccc(Cl)cc1. The highest BCUT2D eigenvalue weighted by molar-refractivity contribution is 6.30. The minimum atomic E-state index is -0.812. The normalized spacial score (nSPS) is 12.0. The maximum Gasteiger partial charge on any atom is 0.258 e. The molecule has 1 unspecified atom stereocenters. The molecule has 0 saturated carbocycles. The van der Waals surface area contributed by atoms with Crippen LogP contribution in [0.3, 0.4) is 0 Å². The average Bonchev–Trinajstić information content (AvgIpc) is 2.69. The predicted octanol–water partition coefficient (Wildman–Crippen LogP) is 5.52. The summed E-state index contributed by atoms with van der Waals surface area (Å²) in [5.41, 5.74) is 2.62. The van der Waals surface area contributed by atoms with Gasteiger partial charge < -0.3 is 20.3 Å². The van der Waals surface area contributed by atoms with Crippen LogP contribution in [0.1, 0.15) is 25.5 Å². The quantitative estimate of drug-likeness (QED) is 0.466. The monoisotopic (exact) mass is 411 g/mol. The topological polar surface area (TPSA) is 78.8 Å². The van der Waals surface area contributed by atoms with Gasteiger partial charge in [-0.25, -0.2) is 0 Å². The largest absolute Gasteiger partial charge is 0.504 e. The van der Waals surface area contributed by atoms with Crippen LogP contribution in [0.25, 0.3) is 11.1 Å². The number of hydrogen-bond acceptors (Lipinski definition) is 4. The molecule has 0 aliphatic carbocycles. The van der Waals surface area contributed by atoms with Gasteiger partial charge in [0.1, 0.15) is 0 Å². The second-order valence-electron chi connectivity index (χ2n) is 6.85. The molecule has 0 aliphatic heterocycles. The second kappa shape index (κ2) is 8.99. The van der Waals surface area contributed by atoms with Crippen molar-refractivity contribution in [1.82, 2.24) is 0 Å². The van der Waals surface area contributed by atoms with Crippen LogP contribution < -0.4 is 5.32 Å². The summed E-state index contributed by atoms with van der Waals surface area (Å²) < 4.78 is 5.86. The number of anilines is 1. The summed E-state index contributed by atoms with van der Waals surface area (Å²) in [4.78, 5) is 13.1. The first-order chi connectivity index (χ1) is 13.8. The van der Waals surface area contributed by atoms with Crippen molar-refractivity contribution >= 4 is 23.2 Å². The number of carbonyl (C=O) groups is 1. The summed E-state index contributed by atoms with van der Waals surface area (Å²) in [5.74, 6) is -0.759. The molecule has 1 atom stereocenters. The molecule has 29 heavy (non-hydrogen) atoms. The number of phenols is 2. The fourth-order valence-corrected chi connectivity index (χ4v) is 3.06. The van der Waals surface area contributed by atoms with Crippen LogP contribution in [-0.4, -0.2) is 22.2 Å². The third kappa shape index (κ3) is 5.08. The molecule has 3 aromatic rings.